The molecule has 0 aliphatic heterocycles. The summed E-state index contributed by atoms with van der Waals surface area (Å²) in [7, 11) is 0. The maximum absolute atomic E-state index is 11.4. The number of nitrogens with one attached hydrogen (secondary N) is 1. The number of rotatable bonds is 5. The molecule has 19 heavy (non-hydrogen) atoms. The first kappa shape index (κ1) is 14.7. The fourth-order valence-corrected chi connectivity index (χ4v) is 1.46. The number of carbonyl (C=O) groups is 3. The highest BCUT2D eigenvalue weighted by molar-refractivity contribution is 6.32. The molecular formula is C13H15NO5. The van der Waals surface area contributed by atoms with E-state index < -0.39 is 23.9 Å². The van der Waals surface area contributed by atoms with E-state index >= 15 is 0 Å². The van der Waals surface area contributed by atoms with Crippen LogP contribution in [0.25, 0.3) is 0 Å². The first-order valence-corrected chi connectivity index (χ1v) is 5.79. The van der Waals surface area contributed by atoms with Crippen molar-refractivity contribution in [3.63, 3.8) is 0 Å². The van der Waals surface area contributed by atoms with Crippen molar-refractivity contribution in [1.82, 2.24) is 5.32 Å². The van der Waals surface area contributed by atoms with Crippen LogP contribution in [0.5, 0.6) is 0 Å². The minimum atomic E-state index is -1.21. The van der Waals surface area contributed by atoms with Crippen molar-refractivity contribution < 1.29 is 24.2 Å². The van der Waals surface area contributed by atoms with Crippen LogP contribution in [0.3, 0.4) is 0 Å². The van der Waals surface area contributed by atoms with E-state index in [9.17, 15) is 14.4 Å². The van der Waals surface area contributed by atoms with Gasteiger partial charge in [-0.3, -0.25) is 4.79 Å². The van der Waals surface area contributed by atoms with Crippen molar-refractivity contribution >= 4 is 17.8 Å². The van der Waals surface area contributed by atoms with E-state index in [0.29, 0.717) is 0 Å². The van der Waals surface area contributed by atoms with E-state index in [1.54, 1.807) is 37.3 Å². The average Bonchev–Trinajstić information content (AvgIpc) is 2.39. The molecule has 6 nitrogen and oxygen atoms in total. The van der Waals surface area contributed by atoms with Crippen LogP contribution in [0.4, 0.5) is 0 Å². The fraction of sp³-hybridized carbons (Fsp3) is 0.308. The average molecular weight is 265 g/mol. The van der Waals surface area contributed by atoms with Crippen LogP contribution in [-0.4, -0.2) is 35.6 Å². The van der Waals surface area contributed by atoms with Gasteiger partial charge >= 0.3 is 17.8 Å². The second kappa shape index (κ2) is 7.15. The maximum atomic E-state index is 11.4. The number of carboxylic acids is 1. The number of esters is 1. The van der Waals surface area contributed by atoms with Gasteiger partial charge in [-0.15, -0.1) is 0 Å². The first-order valence-electron chi connectivity index (χ1n) is 5.79. The zero-order chi connectivity index (χ0) is 14.3. The van der Waals surface area contributed by atoms with Gasteiger partial charge in [0.25, 0.3) is 0 Å². The SMILES string of the molecule is CCOC(=O)C(=O)NC(Cc1ccccc1)C(=O)O. The summed E-state index contributed by atoms with van der Waals surface area (Å²) in [5.41, 5.74) is 0.749. The molecule has 2 N–H and O–H groups in total. The topological polar surface area (TPSA) is 92.7 Å². The standard InChI is InChI=1S/C13H15NO5/c1-2-19-13(18)11(15)14-10(12(16)17)8-9-6-4-3-5-7-9/h3-7,10H,2,8H2,1H3,(H,14,15)(H,16,17). The maximum Gasteiger partial charge on any atom is 0.396 e. The Kier molecular flexibility index (Phi) is 5.53. The van der Waals surface area contributed by atoms with E-state index in [1.807, 2.05) is 0 Å². The third kappa shape index (κ3) is 4.79. The van der Waals surface area contributed by atoms with Gasteiger partial charge in [0.05, 0.1) is 6.61 Å². The van der Waals surface area contributed by atoms with Crippen molar-refractivity contribution in [2.24, 2.45) is 0 Å². The Labute approximate surface area is 110 Å². The van der Waals surface area contributed by atoms with E-state index in [1.165, 1.54) is 0 Å². The largest absolute Gasteiger partial charge is 0.480 e. The van der Waals surface area contributed by atoms with Gasteiger partial charge in [0.1, 0.15) is 6.04 Å². The highest BCUT2D eigenvalue weighted by atomic mass is 16.5. The molecule has 1 rings (SSSR count). The number of hydrogen-bond donors (Lipinski definition) is 2. The molecule has 0 saturated carbocycles. The number of carbonyl (C=O) groups excluding carboxylic acids is 2. The second-order valence-electron chi connectivity index (χ2n) is 3.77. The van der Waals surface area contributed by atoms with Crippen LogP contribution in [-0.2, 0) is 25.5 Å². The molecule has 0 spiro atoms. The summed E-state index contributed by atoms with van der Waals surface area (Å²) in [5.74, 6) is -3.34. The van der Waals surface area contributed by atoms with Gasteiger partial charge in [-0.2, -0.15) is 0 Å². The summed E-state index contributed by atoms with van der Waals surface area (Å²) in [6.45, 7) is 1.62. The van der Waals surface area contributed by atoms with Gasteiger partial charge < -0.3 is 15.2 Å². The van der Waals surface area contributed by atoms with Crippen molar-refractivity contribution in [2.75, 3.05) is 6.61 Å². The predicted molar refractivity (Wildman–Crippen MR) is 66.3 cm³/mol. The monoisotopic (exact) mass is 265 g/mol. The molecule has 0 heterocycles. The molecular weight excluding hydrogens is 250 g/mol. The zero-order valence-corrected chi connectivity index (χ0v) is 10.5. The molecule has 0 fully saturated rings. The number of amides is 1. The molecule has 0 saturated heterocycles. The third-order valence-corrected chi connectivity index (χ3v) is 2.35. The van der Waals surface area contributed by atoms with Crippen molar-refractivity contribution in [2.45, 2.75) is 19.4 Å². The molecule has 102 valence electrons. The van der Waals surface area contributed by atoms with Crippen LogP contribution < -0.4 is 5.32 Å². The molecule has 0 bridgehead atoms. The zero-order valence-electron chi connectivity index (χ0n) is 10.5. The lowest BCUT2D eigenvalue weighted by atomic mass is 10.1. The van der Waals surface area contributed by atoms with E-state index in [2.05, 4.69) is 10.1 Å². The molecule has 1 amide bonds. The summed E-state index contributed by atoms with van der Waals surface area (Å²) in [6.07, 6.45) is 0.0985. The highest BCUT2D eigenvalue weighted by Crippen LogP contribution is 2.03. The molecule has 1 aromatic rings. The molecule has 0 aliphatic carbocycles. The number of benzene rings is 1. The van der Waals surface area contributed by atoms with Crippen LogP contribution in [0, 0.1) is 0 Å². The Bertz CT molecular complexity index is 457. The van der Waals surface area contributed by atoms with Gasteiger partial charge in [-0.25, -0.2) is 9.59 Å². The lowest BCUT2D eigenvalue weighted by Crippen LogP contribution is -2.45. The van der Waals surface area contributed by atoms with Crippen LogP contribution in [0.2, 0.25) is 0 Å². The van der Waals surface area contributed by atoms with E-state index in [-0.39, 0.29) is 13.0 Å². The second-order valence-corrected chi connectivity index (χ2v) is 3.77. The lowest BCUT2D eigenvalue weighted by molar-refractivity contribution is -0.155. The van der Waals surface area contributed by atoms with Crippen molar-refractivity contribution in [1.29, 1.82) is 0 Å². The summed E-state index contributed by atoms with van der Waals surface area (Å²) < 4.78 is 4.49. The Hall–Kier alpha value is -2.37. The quantitative estimate of drug-likeness (QED) is 0.592. The molecule has 0 radical (unpaired) electrons. The molecule has 0 aliphatic rings. The summed E-state index contributed by atoms with van der Waals surface area (Å²) in [4.78, 5) is 33.6. The first-order chi connectivity index (χ1) is 9.04. The minimum absolute atomic E-state index is 0.0582. The Morgan fingerprint density at radius 1 is 1.26 bits per heavy atom. The fourth-order valence-electron chi connectivity index (χ4n) is 1.46. The Morgan fingerprint density at radius 3 is 2.42 bits per heavy atom. The van der Waals surface area contributed by atoms with Gasteiger partial charge in [0.15, 0.2) is 0 Å². The highest BCUT2D eigenvalue weighted by Gasteiger charge is 2.24. The Morgan fingerprint density at radius 2 is 1.89 bits per heavy atom. The van der Waals surface area contributed by atoms with Gasteiger partial charge in [0, 0.05) is 6.42 Å². The smallest absolute Gasteiger partial charge is 0.396 e. The van der Waals surface area contributed by atoms with Crippen molar-refractivity contribution in [3.05, 3.63) is 35.9 Å². The van der Waals surface area contributed by atoms with Gasteiger partial charge in [-0.1, -0.05) is 30.3 Å². The molecule has 1 unspecified atom stereocenters. The number of aliphatic carboxylic acids is 1. The minimum Gasteiger partial charge on any atom is -0.480 e. The normalized spacial score (nSPS) is 11.4. The molecule has 0 aromatic heterocycles. The van der Waals surface area contributed by atoms with E-state index in [4.69, 9.17) is 5.11 Å². The Balaban J connectivity index is 2.66. The van der Waals surface area contributed by atoms with Crippen LogP contribution >= 0.6 is 0 Å². The summed E-state index contributed by atoms with van der Waals surface area (Å²) in [5, 5.41) is 11.2. The van der Waals surface area contributed by atoms with Crippen LogP contribution in [0.15, 0.2) is 30.3 Å². The molecule has 6 heteroatoms. The third-order valence-electron chi connectivity index (χ3n) is 2.35. The number of hydrogen-bond acceptors (Lipinski definition) is 4. The van der Waals surface area contributed by atoms with Gasteiger partial charge in [0.2, 0.25) is 0 Å². The predicted octanol–water partition coefficient (Wildman–Crippen LogP) is 0.362. The summed E-state index contributed by atoms with van der Waals surface area (Å²) in [6, 6.07) is 7.65. The number of carboxylic acid groups (broad SMARTS) is 1. The van der Waals surface area contributed by atoms with Crippen molar-refractivity contribution in [3.8, 4) is 0 Å². The number of ether oxygens (including phenoxy) is 1. The lowest BCUT2D eigenvalue weighted by Gasteiger charge is -2.13. The summed E-state index contributed by atoms with van der Waals surface area (Å²) >= 11 is 0. The van der Waals surface area contributed by atoms with E-state index in [0.717, 1.165) is 5.56 Å². The molecule has 1 aromatic carbocycles. The van der Waals surface area contributed by atoms with Crippen LogP contribution in [0.1, 0.15) is 12.5 Å². The molecule has 1 atom stereocenters. The van der Waals surface area contributed by atoms with Gasteiger partial charge in [-0.05, 0) is 12.5 Å².